The van der Waals surface area contributed by atoms with Crippen LogP contribution in [0.3, 0.4) is 0 Å². The van der Waals surface area contributed by atoms with Gasteiger partial charge in [-0.05, 0) is 6.92 Å². The van der Waals surface area contributed by atoms with E-state index in [1.54, 1.807) is 0 Å². The second-order valence-electron chi connectivity index (χ2n) is 1.65. The normalized spacial score (nSPS) is 6.78. The van der Waals surface area contributed by atoms with Crippen molar-refractivity contribution >= 4 is 0 Å². The number of aryl methyl sites for hydroxylation is 1. The fraction of sp³-hybridized carbons (Fsp3) is 0.125. The second kappa shape index (κ2) is 6.01. The van der Waals surface area contributed by atoms with E-state index in [1.165, 1.54) is 5.56 Å². The molecule has 0 N–H and O–H groups in total. The molecule has 0 heterocycles. The summed E-state index contributed by atoms with van der Waals surface area (Å²) in [6, 6.07) is 10.3. The van der Waals surface area contributed by atoms with Gasteiger partial charge in [-0.1, -0.05) is 35.9 Å². The molecule has 0 spiro atoms. The third-order valence-corrected chi connectivity index (χ3v) is 0.940. The molecule has 0 radical (unpaired) electrons. The molecule has 0 bridgehead atoms. The molecule has 1 heteroatoms. The van der Waals surface area contributed by atoms with Gasteiger partial charge in [-0.25, -0.2) is 0 Å². The third-order valence-electron chi connectivity index (χ3n) is 0.940. The molecule has 1 aromatic rings. The van der Waals surface area contributed by atoms with Crippen molar-refractivity contribution in [2.45, 2.75) is 6.92 Å². The van der Waals surface area contributed by atoms with Crippen LogP contribution in [0.4, 0.5) is 0 Å². The fourth-order valence-electron chi connectivity index (χ4n) is 0.534. The minimum atomic E-state index is 0. The monoisotopic (exact) mass is 213 g/mol. The van der Waals surface area contributed by atoms with Gasteiger partial charge in [0.1, 0.15) is 0 Å². The Hall–Kier alpha value is -0.118. The Labute approximate surface area is 70.9 Å². The molecule has 0 amide bonds. The van der Waals surface area contributed by atoms with Crippen molar-refractivity contribution in [2.24, 2.45) is 0 Å². The SMILES string of the molecule is Cc1ccccc1.[CH3-].[Pd]. The largest absolute Gasteiger partial charge is 0.358 e. The van der Waals surface area contributed by atoms with Crippen LogP contribution >= 0.6 is 0 Å². The minimum absolute atomic E-state index is 0. The van der Waals surface area contributed by atoms with E-state index in [1.807, 2.05) is 18.2 Å². The van der Waals surface area contributed by atoms with E-state index in [4.69, 9.17) is 0 Å². The maximum atomic E-state index is 2.08. The Morgan fingerprint density at radius 1 is 1.00 bits per heavy atom. The van der Waals surface area contributed by atoms with Gasteiger partial charge in [0, 0.05) is 20.4 Å². The minimum Gasteiger partial charge on any atom is -0.358 e. The van der Waals surface area contributed by atoms with Gasteiger partial charge in [0.2, 0.25) is 0 Å². The van der Waals surface area contributed by atoms with Crippen molar-refractivity contribution in [1.29, 1.82) is 0 Å². The van der Waals surface area contributed by atoms with E-state index < -0.39 is 0 Å². The van der Waals surface area contributed by atoms with E-state index in [0.29, 0.717) is 0 Å². The first-order valence-electron chi connectivity index (χ1n) is 2.41. The van der Waals surface area contributed by atoms with Gasteiger partial charge in [0.25, 0.3) is 0 Å². The molecule has 0 aromatic heterocycles. The van der Waals surface area contributed by atoms with E-state index in [0.717, 1.165) is 0 Å². The number of benzene rings is 1. The fourth-order valence-corrected chi connectivity index (χ4v) is 0.534. The summed E-state index contributed by atoms with van der Waals surface area (Å²) in [4.78, 5) is 0. The predicted molar refractivity (Wildman–Crippen MR) is 37.6 cm³/mol. The summed E-state index contributed by atoms with van der Waals surface area (Å²) in [5.41, 5.74) is 1.32. The van der Waals surface area contributed by atoms with Crippen molar-refractivity contribution in [2.75, 3.05) is 0 Å². The molecule has 0 fully saturated rings. The van der Waals surface area contributed by atoms with E-state index in [9.17, 15) is 0 Å². The van der Waals surface area contributed by atoms with Crippen molar-refractivity contribution in [3.05, 3.63) is 43.3 Å². The average Bonchev–Trinajstić information content (AvgIpc) is 1.69. The molecule has 0 atom stereocenters. The molecule has 9 heavy (non-hydrogen) atoms. The summed E-state index contributed by atoms with van der Waals surface area (Å²) in [6.07, 6.45) is 0. The molecule has 1 aromatic carbocycles. The zero-order valence-corrected chi connectivity index (χ0v) is 7.26. The van der Waals surface area contributed by atoms with Crippen LogP contribution in [0.5, 0.6) is 0 Å². The Morgan fingerprint density at radius 3 is 1.67 bits per heavy atom. The maximum absolute atomic E-state index is 2.08. The topological polar surface area (TPSA) is 0 Å². The van der Waals surface area contributed by atoms with Crippen molar-refractivity contribution < 1.29 is 20.4 Å². The molecule has 0 unspecified atom stereocenters. The first kappa shape index (κ1) is 11.7. The third kappa shape index (κ3) is 4.39. The molecular weight excluding hydrogens is 203 g/mol. The van der Waals surface area contributed by atoms with Gasteiger partial charge < -0.3 is 7.43 Å². The molecule has 0 saturated carbocycles. The van der Waals surface area contributed by atoms with Crippen molar-refractivity contribution in [1.82, 2.24) is 0 Å². The summed E-state index contributed by atoms with van der Waals surface area (Å²) in [7, 11) is 0. The number of hydrogen-bond acceptors (Lipinski definition) is 0. The van der Waals surface area contributed by atoms with Gasteiger partial charge in [-0.2, -0.15) is 0 Å². The first-order chi connectivity index (χ1) is 3.39. The predicted octanol–water partition coefficient (Wildman–Crippen LogP) is 2.44. The molecular formula is C8H11Pd-. The molecule has 0 aliphatic heterocycles. The van der Waals surface area contributed by atoms with E-state index in [-0.39, 0.29) is 27.8 Å². The molecule has 0 saturated heterocycles. The molecule has 0 aliphatic rings. The maximum Gasteiger partial charge on any atom is 0 e. The first-order valence-corrected chi connectivity index (χ1v) is 2.41. The quantitative estimate of drug-likeness (QED) is 0.459. The van der Waals surface area contributed by atoms with Crippen LogP contribution in [0.25, 0.3) is 0 Å². The molecule has 1 rings (SSSR count). The van der Waals surface area contributed by atoms with Gasteiger partial charge >= 0.3 is 0 Å². The van der Waals surface area contributed by atoms with E-state index >= 15 is 0 Å². The summed E-state index contributed by atoms with van der Waals surface area (Å²) in [5, 5.41) is 0. The molecule has 0 nitrogen and oxygen atoms in total. The van der Waals surface area contributed by atoms with Crippen LogP contribution in [0.1, 0.15) is 5.56 Å². The van der Waals surface area contributed by atoms with Crippen molar-refractivity contribution in [3.63, 3.8) is 0 Å². The number of hydrogen-bond donors (Lipinski definition) is 0. The van der Waals surface area contributed by atoms with Gasteiger partial charge in [0.05, 0.1) is 0 Å². The Balaban J connectivity index is 0. The smallest absolute Gasteiger partial charge is 0 e. The van der Waals surface area contributed by atoms with Crippen molar-refractivity contribution in [3.8, 4) is 0 Å². The Bertz CT molecular complexity index is 134. The van der Waals surface area contributed by atoms with Crippen LogP contribution in [0.2, 0.25) is 0 Å². The summed E-state index contributed by atoms with van der Waals surface area (Å²) in [6.45, 7) is 2.08. The summed E-state index contributed by atoms with van der Waals surface area (Å²) < 4.78 is 0. The van der Waals surface area contributed by atoms with Crippen LogP contribution < -0.4 is 0 Å². The van der Waals surface area contributed by atoms with Crippen LogP contribution in [-0.2, 0) is 20.4 Å². The van der Waals surface area contributed by atoms with Gasteiger partial charge in [0.15, 0.2) is 0 Å². The van der Waals surface area contributed by atoms with Crippen LogP contribution in [0, 0.1) is 14.4 Å². The zero-order valence-electron chi connectivity index (χ0n) is 5.70. The van der Waals surface area contributed by atoms with Gasteiger partial charge in [-0.3, -0.25) is 0 Å². The van der Waals surface area contributed by atoms with Gasteiger partial charge in [-0.15, -0.1) is 0 Å². The van der Waals surface area contributed by atoms with Crippen LogP contribution in [0.15, 0.2) is 30.3 Å². The summed E-state index contributed by atoms with van der Waals surface area (Å²) >= 11 is 0. The zero-order chi connectivity index (χ0) is 5.11. The molecule has 0 aliphatic carbocycles. The van der Waals surface area contributed by atoms with Crippen LogP contribution in [-0.4, -0.2) is 0 Å². The van der Waals surface area contributed by atoms with E-state index in [2.05, 4.69) is 19.1 Å². The summed E-state index contributed by atoms with van der Waals surface area (Å²) in [5.74, 6) is 0. The second-order valence-corrected chi connectivity index (χ2v) is 1.65. The number of rotatable bonds is 0. The Kier molecular flexibility index (Phi) is 7.78. The average molecular weight is 214 g/mol. The standard InChI is InChI=1S/C7H8.CH3.Pd/c1-7-5-3-2-4-6-7;;/h2-6H,1H3;1H3;/q;-1;. The Morgan fingerprint density at radius 2 is 1.44 bits per heavy atom. The molecule has 54 valence electrons.